The molecule has 0 saturated heterocycles. The molecular weight excluding hydrogens is 241 g/mol. The monoisotopic (exact) mass is 249 g/mol. The maximum atomic E-state index is 13.7. The molecule has 5 heteroatoms. The zero-order valence-corrected chi connectivity index (χ0v) is 9.85. The number of fused-ring (bicyclic) bond motifs is 1. The Balaban J connectivity index is 2.82. The first-order valence-electron chi connectivity index (χ1n) is 5.09. The van der Waals surface area contributed by atoms with E-state index < -0.39 is 5.82 Å². The van der Waals surface area contributed by atoms with E-state index in [4.69, 9.17) is 16.9 Å². The van der Waals surface area contributed by atoms with Crippen molar-refractivity contribution in [1.82, 2.24) is 4.98 Å². The van der Waals surface area contributed by atoms with Crippen LogP contribution in [0, 0.1) is 17.1 Å². The van der Waals surface area contributed by atoms with E-state index in [9.17, 15) is 4.39 Å². The van der Waals surface area contributed by atoms with Crippen molar-refractivity contribution < 1.29 is 4.39 Å². The molecule has 0 saturated carbocycles. The van der Waals surface area contributed by atoms with Crippen LogP contribution >= 0.6 is 11.6 Å². The number of nitrogens with zero attached hydrogens (tertiary/aromatic N) is 2. The molecule has 0 aliphatic heterocycles. The van der Waals surface area contributed by atoms with Gasteiger partial charge in [0.05, 0.1) is 16.3 Å². The molecule has 3 nitrogen and oxygen atoms in total. The van der Waals surface area contributed by atoms with Crippen LogP contribution < -0.4 is 5.32 Å². The number of halogens is 2. The van der Waals surface area contributed by atoms with Crippen molar-refractivity contribution in [2.75, 3.05) is 11.9 Å². The summed E-state index contributed by atoms with van der Waals surface area (Å²) in [5.41, 5.74) is 1.16. The maximum Gasteiger partial charge on any atom is 0.168 e. The summed E-state index contributed by atoms with van der Waals surface area (Å²) in [5.74, 6) is -0.562. The highest BCUT2D eigenvalue weighted by Crippen LogP contribution is 2.30. The van der Waals surface area contributed by atoms with Crippen LogP contribution in [0.4, 0.5) is 10.1 Å². The van der Waals surface area contributed by atoms with Crippen molar-refractivity contribution in [1.29, 1.82) is 5.26 Å². The Bertz CT molecular complexity index is 619. The largest absolute Gasteiger partial charge is 0.384 e. The van der Waals surface area contributed by atoms with Crippen LogP contribution in [0.3, 0.4) is 0 Å². The van der Waals surface area contributed by atoms with E-state index in [1.54, 1.807) is 6.07 Å². The van der Waals surface area contributed by atoms with Gasteiger partial charge in [0.15, 0.2) is 5.82 Å². The number of nitrogens with one attached hydrogen (secondary N) is 1. The van der Waals surface area contributed by atoms with Gasteiger partial charge in [0, 0.05) is 18.1 Å². The predicted molar refractivity (Wildman–Crippen MR) is 65.6 cm³/mol. The van der Waals surface area contributed by atoms with Crippen LogP contribution in [-0.2, 0) is 0 Å². The Hall–Kier alpha value is -1.86. The van der Waals surface area contributed by atoms with Crippen molar-refractivity contribution in [2.24, 2.45) is 0 Å². The molecule has 0 spiro atoms. The van der Waals surface area contributed by atoms with Crippen molar-refractivity contribution in [2.45, 2.75) is 6.92 Å². The van der Waals surface area contributed by atoms with Gasteiger partial charge >= 0.3 is 0 Å². The highest BCUT2D eigenvalue weighted by Gasteiger charge is 2.13. The molecule has 0 radical (unpaired) electrons. The summed E-state index contributed by atoms with van der Waals surface area (Å²) in [6.07, 6.45) is 1.35. The Morgan fingerprint density at radius 3 is 2.94 bits per heavy atom. The zero-order valence-electron chi connectivity index (χ0n) is 9.09. The Morgan fingerprint density at radius 1 is 1.53 bits per heavy atom. The summed E-state index contributed by atoms with van der Waals surface area (Å²) < 4.78 is 13.7. The highest BCUT2D eigenvalue weighted by molar-refractivity contribution is 6.31. The van der Waals surface area contributed by atoms with Crippen molar-refractivity contribution >= 4 is 28.2 Å². The molecule has 0 aliphatic rings. The number of pyridine rings is 1. The van der Waals surface area contributed by atoms with E-state index in [0.29, 0.717) is 23.2 Å². The van der Waals surface area contributed by atoms with E-state index in [2.05, 4.69) is 10.3 Å². The molecule has 1 N–H and O–H groups in total. The molecule has 0 fully saturated rings. The molecule has 0 aliphatic carbocycles. The van der Waals surface area contributed by atoms with E-state index >= 15 is 0 Å². The smallest absolute Gasteiger partial charge is 0.168 e. The second-order valence-corrected chi connectivity index (χ2v) is 3.85. The Morgan fingerprint density at radius 2 is 2.29 bits per heavy atom. The summed E-state index contributed by atoms with van der Waals surface area (Å²) in [6.45, 7) is 2.54. The minimum absolute atomic E-state index is 0.0251. The summed E-state index contributed by atoms with van der Waals surface area (Å²) in [6, 6.07) is 5.15. The third-order valence-electron chi connectivity index (χ3n) is 2.40. The fourth-order valence-electron chi connectivity index (χ4n) is 1.66. The zero-order chi connectivity index (χ0) is 12.4. The molecular formula is C12H9ClFN3. The minimum atomic E-state index is -0.562. The molecule has 2 rings (SSSR count). The molecule has 1 aromatic carbocycles. The SMILES string of the molecule is CCNc1c(C#N)cnc2c(F)c(Cl)ccc12. The van der Waals surface area contributed by atoms with Crippen molar-refractivity contribution in [3.8, 4) is 6.07 Å². The lowest BCUT2D eigenvalue weighted by Gasteiger charge is -2.10. The molecule has 0 atom stereocenters. The first kappa shape index (κ1) is 11.6. The lowest BCUT2D eigenvalue weighted by molar-refractivity contribution is 0.637. The van der Waals surface area contributed by atoms with Gasteiger partial charge in [0.1, 0.15) is 11.6 Å². The van der Waals surface area contributed by atoms with Gasteiger partial charge in [-0.1, -0.05) is 11.6 Å². The van der Waals surface area contributed by atoms with E-state index in [-0.39, 0.29) is 10.5 Å². The number of nitriles is 1. The Kier molecular flexibility index (Phi) is 3.12. The molecule has 1 aromatic heterocycles. The second kappa shape index (κ2) is 4.56. The van der Waals surface area contributed by atoms with Crippen molar-refractivity contribution in [3.63, 3.8) is 0 Å². The molecule has 17 heavy (non-hydrogen) atoms. The van der Waals surface area contributed by atoms with Gasteiger partial charge in [-0.2, -0.15) is 5.26 Å². The van der Waals surface area contributed by atoms with E-state index in [1.807, 2.05) is 13.0 Å². The van der Waals surface area contributed by atoms with Crippen LogP contribution in [0.1, 0.15) is 12.5 Å². The highest BCUT2D eigenvalue weighted by atomic mass is 35.5. The number of benzene rings is 1. The molecule has 1 heterocycles. The van der Waals surface area contributed by atoms with E-state index in [1.165, 1.54) is 12.3 Å². The summed E-state index contributed by atoms with van der Waals surface area (Å²) in [4.78, 5) is 3.93. The second-order valence-electron chi connectivity index (χ2n) is 3.45. The summed E-state index contributed by atoms with van der Waals surface area (Å²) in [5, 5.41) is 12.6. The first-order chi connectivity index (χ1) is 8.19. The Labute approximate surface area is 103 Å². The van der Waals surface area contributed by atoms with Crippen LogP contribution in [0.2, 0.25) is 5.02 Å². The normalized spacial score (nSPS) is 10.2. The lowest BCUT2D eigenvalue weighted by Crippen LogP contribution is -2.02. The number of rotatable bonds is 2. The van der Waals surface area contributed by atoms with E-state index in [0.717, 1.165) is 0 Å². The minimum Gasteiger partial charge on any atom is -0.384 e. The number of aromatic nitrogens is 1. The van der Waals surface area contributed by atoms with Crippen LogP contribution in [0.5, 0.6) is 0 Å². The van der Waals surface area contributed by atoms with Gasteiger partial charge in [-0.15, -0.1) is 0 Å². The standard InChI is InChI=1S/C12H9ClFN3/c1-2-16-11-7(5-15)6-17-12-8(11)3-4-9(13)10(12)14/h3-4,6H,2H2,1H3,(H,16,17). The fraction of sp³-hybridized carbons (Fsp3) is 0.167. The van der Waals surface area contributed by atoms with Gasteiger partial charge in [-0.25, -0.2) is 4.39 Å². The lowest BCUT2D eigenvalue weighted by atomic mass is 10.1. The predicted octanol–water partition coefficient (Wildman–Crippen LogP) is 3.33. The van der Waals surface area contributed by atoms with Crippen LogP contribution in [0.15, 0.2) is 18.3 Å². The average Bonchev–Trinajstić information content (AvgIpc) is 2.34. The summed E-state index contributed by atoms with van der Waals surface area (Å²) in [7, 11) is 0. The van der Waals surface area contributed by atoms with Gasteiger partial charge in [-0.05, 0) is 19.1 Å². The molecule has 0 unspecified atom stereocenters. The van der Waals surface area contributed by atoms with Crippen LogP contribution in [-0.4, -0.2) is 11.5 Å². The average molecular weight is 250 g/mol. The summed E-state index contributed by atoms with van der Waals surface area (Å²) >= 11 is 5.69. The quantitative estimate of drug-likeness (QED) is 0.888. The number of hydrogen-bond acceptors (Lipinski definition) is 3. The first-order valence-corrected chi connectivity index (χ1v) is 5.47. The molecule has 86 valence electrons. The third-order valence-corrected chi connectivity index (χ3v) is 2.70. The third kappa shape index (κ3) is 1.90. The van der Waals surface area contributed by atoms with Crippen molar-refractivity contribution in [3.05, 3.63) is 34.7 Å². The molecule has 2 aromatic rings. The number of anilines is 1. The van der Waals surface area contributed by atoms with Gasteiger partial charge in [0.2, 0.25) is 0 Å². The van der Waals surface area contributed by atoms with Gasteiger partial charge < -0.3 is 5.32 Å². The fourth-order valence-corrected chi connectivity index (χ4v) is 1.81. The van der Waals surface area contributed by atoms with Gasteiger partial charge in [-0.3, -0.25) is 4.98 Å². The number of hydrogen-bond donors (Lipinski definition) is 1. The van der Waals surface area contributed by atoms with Gasteiger partial charge in [0.25, 0.3) is 0 Å². The molecule has 0 bridgehead atoms. The molecule has 0 amide bonds. The van der Waals surface area contributed by atoms with Crippen LogP contribution in [0.25, 0.3) is 10.9 Å². The topological polar surface area (TPSA) is 48.7 Å². The maximum absolute atomic E-state index is 13.7.